The molecule has 3 aromatic rings. The first-order chi connectivity index (χ1) is 12.7. The van der Waals surface area contributed by atoms with Gasteiger partial charge in [0.1, 0.15) is 0 Å². The molecule has 0 bridgehead atoms. The topological polar surface area (TPSA) is 93.4 Å². The lowest BCUT2D eigenvalue weighted by Gasteiger charge is -2.29. The second-order valence-corrected chi connectivity index (χ2v) is 6.05. The fourth-order valence-electron chi connectivity index (χ4n) is 3.00. The van der Waals surface area contributed by atoms with Gasteiger partial charge in [-0.1, -0.05) is 18.2 Å². The maximum absolute atomic E-state index is 11.8. The summed E-state index contributed by atoms with van der Waals surface area (Å²) >= 11 is 0. The van der Waals surface area contributed by atoms with E-state index in [0.717, 1.165) is 37.7 Å². The number of carbonyl (C=O) groups is 1. The van der Waals surface area contributed by atoms with Gasteiger partial charge in [0.2, 0.25) is 0 Å². The maximum Gasteiger partial charge on any atom is 0.271 e. The highest BCUT2D eigenvalue weighted by Gasteiger charge is 2.15. The normalized spacial score (nSPS) is 14.4. The molecule has 1 fully saturated rings. The lowest BCUT2D eigenvalue weighted by molar-refractivity contribution is 0.0996. The molecular formula is C19H19N5O2. The van der Waals surface area contributed by atoms with Crippen molar-refractivity contribution in [3.05, 3.63) is 54.2 Å². The van der Waals surface area contributed by atoms with Gasteiger partial charge in [-0.25, -0.2) is 9.97 Å². The number of ether oxygens (including phenoxy) is 1. The van der Waals surface area contributed by atoms with Crippen molar-refractivity contribution in [3.8, 4) is 0 Å². The summed E-state index contributed by atoms with van der Waals surface area (Å²) in [5, 5.41) is 3.19. The summed E-state index contributed by atoms with van der Waals surface area (Å²) in [6.07, 6.45) is 0. The summed E-state index contributed by atoms with van der Waals surface area (Å²) in [5.41, 5.74) is 8.87. The van der Waals surface area contributed by atoms with Gasteiger partial charge in [-0.05, 0) is 30.3 Å². The van der Waals surface area contributed by atoms with Crippen molar-refractivity contribution >= 4 is 34.1 Å². The van der Waals surface area contributed by atoms with Crippen molar-refractivity contribution in [1.82, 2.24) is 9.97 Å². The first kappa shape index (κ1) is 16.3. The minimum absolute atomic E-state index is 0.125. The highest BCUT2D eigenvalue weighted by atomic mass is 16.5. The van der Waals surface area contributed by atoms with Gasteiger partial charge in [0.25, 0.3) is 5.91 Å². The van der Waals surface area contributed by atoms with Crippen molar-refractivity contribution in [2.45, 2.75) is 0 Å². The summed E-state index contributed by atoms with van der Waals surface area (Å²) in [7, 11) is 0. The van der Waals surface area contributed by atoms with Crippen LogP contribution in [0.1, 0.15) is 10.5 Å². The zero-order valence-electron chi connectivity index (χ0n) is 14.2. The number of fused-ring (bicyclic) bond motifs is 1. The monoisotopic (exact) mass is 349 g/mol. The molecule has 7 nitrogen and oxygen atoms in total. The smallest absolute Gasteiger partial charge is 0.271 e. The van der Waals surface area contributed by atoms with Crippen LogP contribution in [0.2, 0.25) is 0 Å². The predicted octanol–water partition coefficient (Wildman–Crippen LogP) is 2.31. The third kappa shape index (κ3) is 3.29. The van der Waals surface area contributed by atoms with Crippen LogP contribution in [-0.4, -0.2) is 42.2 Å². The second-order valence-electron chi connectivity index (χ2n) is 6.05. The highest BCUT2D eigenvalue weighted by molar-refractivity contribution is 5.98. The van der Waals surface area contributed by atoms with E-state index in [0.29, 0.717) is 16.9 Å². The molecule has 0 atom stereocenters. The third-order valence-corrected chi connectivity index (χ3v) is 4.29. The van der Waals surface area contributed by atoms with Crippen LogP contribution in [0.3, 0.4) is 0 Å². The third-order valence-electron chi connectivity index (χ3n) is 4.29. The zero-order valence-corrected chi connectivity index (χ0v) is 14.2. The van der Waals surface area contributed by atoms with Crippen LogP contribution >= 0.6 is 0 Å². The van der Waals surface area contributed by atoms with Crippen LogP contribution in [0.15, 0.2) is 48.5 Å². The lowest BCUT2D eigenvalue weighted by Crippen LogP contribution is -2.36. The number of amides is 1. The van der Waals surface area contributed by atoms with Crippen LogP contribution in [0.25, 0.3) is 11.0 Å². The minimum Gasteiger partial charge on any atom is -0.378 e. The van der Waals surface area contributed by atoms with E-state index in [9.17, 15) is 4.79 Å². The Bertz CT molecular complexity index is 954. The van der Waals surface area contributed by atoms with Crippen molar-refractivity contribution in [1.29, 1.82) is 0 Å². The molecule has 2 heterocycles. The van der Waals surface area contributed by atoms with Crippen LogP contribution in [0, 0.1) is 0 Å². The number of nitrogens with zero attached hydrogens (tertiary/aromatic N) is 3. The Morgan fingerprint density at radius 3 is 2.50 bits per heavy atom. The quantitative estimate of drug-likeness (QED) is 0.751. The number of benzene rings is 2. The first-order valence-electron chi connectivity index (χ1n) is 8.47. The van der Waals surface area contributed by atoms with E-state index < -0.39 is 5.91 Å². The van der Waals surface area contributed by atoms with E-state index in [1.54, 1.807) is 6.07 Å². The number of morpholine rings is 1. The van der Waals surface area contributed by atoms with E-state index in [4.69, 9.17) is 10.5 Å². The molecule has 1 aliphatic heterocycles. The van der Waals surface area contributed by atoms with Crippen LogP contribution in [0.5, 0.6) is 0 Å². The molecular weight excluding hydrogens is 330 g/mol. The van der Waals surface area contributed by atoms with Gasteiger partial charge >= 0.3 is 0 Å². The molecule has 7 heteroatoms. The molecule has 0 unspecified atom stereocenters. The van der Waals surface area contributed by atoms with E-state index in [1.807, 2.05) is 36.4 Å². The molecule has 132 valence electrons. The highest BCUT2D eigenvalue weighted by Crippen LogP contribution is 2.25. The van der Waals surface area contributed by atoms with Gasteiger partial charge in [0, 0.05) is 24.5 Å². The van der Waals surface area contributed by atoms with Crippen molar-refractivity contribution in [3.63, 3.8) is 0 Å². The van der Waals surface area contributed by atoms with Gasteiger partial charge in [-0.3, -0.25) is 4.79 Å². The number of nitrogens with one attached hydrogen (secondary N) is 1. The Labute approximate surface area is 150 Å². The Kier molecular flexibility index (Phi) is 4.37. The molecule has 0 spiro atoms. The molecule has 1 saturated heterocycles. The van der Waals surface area contributed by atoms with Gasteiger partial charge in [0.15, 0.2) is 11.5 Å². The number of para-hydroxylation sites is 2. The van der Waals surface area contributed by atoms with Crippen LogP contribution in [-0.2, 0) is 4.74 Å². The fraction of sp³-hybridized carbons (Fsp3) is 0.211. The van der Waals surface area contributed by atoms with E-state index in [-0.39, 0.29) is 5.69 Å². The Morgan fingerprint density at radius 1 is 1.04 bits per heavy atom. The molecule has 26 heavy (non-hydrogen) atoms. The molecule has 1 amide bonds. The van der Waals surface area contributed by atoms with E-state index in [2.05, 4.69) is 26.3 Å². The van der Waals surface area contributed by atoms with Gasteiger partial charge in [0.05, 0.1) is 24.2 Å². The average Bonchev–Trinajstić information content (AvgIpc) is 2.68. The van der Waals surface area contributed by atoms with Crippen LogP contribution in [0.4, 0.5) is 17.2 Å². The second kappa shape index (κ2) is 6.97. The number of hydrogen-bond donors (Lipinski definition) is 2. The lowest BCUT2D eigenvalue weighted by atomic mass is 10.2. The summed E-state index contributed by atoms with van der Waals surface area (Å²) < 4.78 is 5.40. The van der Waals surface area contributed by atoms with Gasteiger partial charge < -0.3 is 20.7 Å². The standard InChI is InChI=1S/C19H19N5O2/c20-18(25)17-19(23-16-7-2-1-6-15(16)22-17)21-13-4-3-5-14(12-13)24-8-10-26-11-9-24/h1-7,12H,8-11H2,(H2,20,25)(H,21,23). The minimum atomic E-state index is -0.616. The number of rotatable bonds is 4. The summed E-state index contributed by atoms with van der Waals surface area (Å²) in [6, 6.07) is 15.3. The molecule has 2 aromatic carbocycles. The van der Waals surface area contributed by atoms with E-state index >= 15 is 0 Å². The fourth-order valence-corrected chi connectivity index (χ4v) is 3.00. The Hall–Kier alpha value is -3.19. The van der Waals surface area contributed by atoms with Crippen molar-refractivity contribution < 1.29 is 9.53 Å². The maximum atomic E-state index is 11.8. The Balaban J connectivity index is 1.68. The zero-order chi connectivity index (χ0) is 17.9. The molecule has 1 aromatic heterocycles. The molecule has 0 aliphatic carbocycles. The molecule has 0 radical (unpaired) electrons. The van der Waals surface area contributed by atoms with E-state index in [1.165, 1.54) is 0 Å². The van der Waals surface area contributed by atoms with Crippen molar-refractivity contribution in [2.24, 2.45) is 5.73 Å². The first-order valence-corrected chi connectivity index (χ1v) is 8.47. The molecule has 1 aliphatic rings. The largest absolute Gasteiger partial charge is 0.378 e. The number of anilines is 3. The predicted molar refractivity (Wildman–Crippen MR) is 101 cm³/mol. The Morgan fingerprint density at radius 2 is 1.77 bits per heavy atom. The van der Waals surface area contributed by atoms with Crippen molar-refractivity contribution in [2.75, 3.05) is 36.5 Å². The summed E-state index contributed by atoms with van der Waals surface area (Å²) in [4.78, 5) is 23.0. The van der Waals surface area contributed by atoms with Crippen LogP contribution < -0.4 is 16.0 Å². The molecule has 3 N–H and O–H groups in total. The summed E-state index contributed by atoms with van der Waals surface area (Å²) in [6.45, 7) is 3.15. The van der Waals surface area contributed by atoms with Gasteiger partial charge in [-0.2, -0.15) is 0 Å². The molecule has 0 saturated carbocycles. The number of nitrogens with two attached hydrogens (primary N) is 1. The summed E-state index contributed by atoms with van der Waals surface area (Å²) in [5.74, 6) is -0.259. The number of aromatic nitrogens is 2. The number of primary amides is 1. The average molecular weight is 349 g/mol. The van der Waals surface area contributed by atoms with Gasteiger partial charge in [-0.15, -0.1) is 0 Å². The number of carbonyl (C=O) groups excluding carboxylic acids is 1. The SMILES string of the molecule is NC(=O)c1nc2ccccc2nc1Nc1cccc(N2CCOCC2)c1. The number of hydrogen-bond acceptors (Lipinski definition) is 6. The molecule has 4 rings (SSSR count).